The van der Waals surface area contributed by atoms with Crippen LogP contribution in [0.4, 0.5) is 5.69 Å². The van der Waals surface area contributed by atoms with Gasteiger partial charge in [0, 0.05) is 11.7 Å². The van der Waals surface area contributed by atoms with Gasteiger partial charge in [-0.3, -0.25) is 9.69 Å². The van der Waals surface area contributed by atoms with Gasteiger partial charge in [-0.05, 0) is 68.1 Å². The Morgan fingerprint density at radius 2 is 1.96 bits per heavy atom. The quantitative estimate of drug-likeness (QED) is 0.893. The number of nitrogens with one attached hydrogen (secondary N) is 1. The molecule has 2 aromatic rings. The van der Waals surface area contributed by atoms with Crippen LogP contribution in [0.3, 0.4) is 0 Å². The first-order chi connectivity index (χ1) is 12.1. The van der Waals surface area contributed by atoms with Gasteiger partial charge in [-0.25, -0.2) is 0 Å². The van der Waals surface area contributed by atoms with Crippen molar-refractivity contribution in [2.75, 3.05) is 25.5 Å². The van der Waals surface area contributed by atoms with Crippen LogP contribution in [0, 0.1) is 13.8 Å². The molecule has 132 valence electrons. The summed E-state index contributed by atoms with van der Waals surface area (Å²) in [6, 6.07) is 14.5. The molecule has 0 bridgehead atoms. The molecular weight excluding hydrogens is 312 g/mol. The third-order valence-electron chi connectivity index (χ3n) is 5.09. The molecule has 1 amide bonds. The molecule has 0 saturated carbocycles. The van der Waals surface area contributed by atoms with Crippen molar-refractivity contribution in [3.05, 3.63) is 59.2 Å². The largest absolute Gasteiger partial charge is 0.497 e. The van der Waals surface area contributed by atoms with Gasteiger partial charge in [-0.15, -0.1) is 0 Å². The summed E-state index contributed by atoms with van der Waals surface area (Å²) in [5.41, 5.74) is 4.47. The summed E-state index contributed by atoms with van der Waals surface area (Å²) in [6.07, 6.45) is 2.20. The Balaban J connectivity index is 1.66. The number of hydrogen-bond acceptors (Lipinski definition) is 3. The maximum Gasteiger partial charge on any atom is 0.238 e. The first-order valence-corrected chi connectivity index (χ1v) is 8.82. The van der Waals surface area contributed by atoms with E-state index in [0.717, 1.165) is 36.4 Å². The topological polar surface area (TPSA) is 41.6 Å². The van der Waals surface area contributed by atoms with Crippen molar-refractivity contribution in [2.45, 2.75) is 32.7 Å². The first kappa shape index (κ1) is 17.5. The molecule has 0 aromatic heterocycles. The van der Waals surface area contributed by atoms with E-state index in [1.807, 2.05) is 31.2 Å². The molecule has 2 aromatic carbocycles. The zero-order valence-electron chi connectivity index (χ0n) is 15.2. The third kappa shape index (κ3) is 4.02. The highest BCUT2D eigenvalue weighted by molar-refractivity contribution is 5.93. The first-order valence-electron chi connectivity index (χ1n) is 8.82. The van der Waals surface area contributed by atoms with E-state index in [2.05, 4.69) is 35.3 Å². The molecule has 1 unspecified atom stereocenters. The molecule has 4 heteroatoms. The van der Waals surface area contributed by atoms with Gasteiger partial charge >= 0.3 is 0 Å². The zero-order chi connectivity index (χ0) is 17.8. The zero-order valence-corrected chi connectivity index (χ0v) is 15.2. The minimum atomic E-state index is 0.0501. The summed E-state index contributed by atoms with van der Waals surface area (Å²) >= 11 is 0. The van der Waals surface area contributed by atoms with E-state index in [9.17, 15) is 4.79 Å². The highest BCUT2D eigenvalue weighted by atomic mass is 16.5. The summed E-state index contributed by atoms with van der Waals surface area (Å²) in [5, 5.41) is 3.07. The lowest BCUT2D eigenvalue weighted by Gasteiger charge is -2.24. The Morgan fingerprint density at radius 1 is 1.20 bits per heavy atom. The lowest BCUT2D eigenvalue weighted by molar-refractivity contribution is -0.117. The molecule has 1 saturated heterocycles. The molecule has 1 aliphatic rings. The van der Waals surface area contributed by atoms with E-state index >= 15 is 0 Å². The summed E-state index contributed by atoms with van der Waals surface area (Å²) in [6.45, 7) is 5.48. The number of nitrogens with zero attached hydrogens (tertiary/aromatic N) is 1. The maximum absolute atomic E-state index is 12.5. The van der Waals surface area contributed by atoms with Crippen LogP contribution in [0.2, 0.25) is 0 Å². The Labute approximate surface area is 149 Å². The van der Waals surface area contributed by atoms with Crippen LogP contribution in [0.25, 0.3) is 0 Å². The number of carbonyl (C=O) groups is 1. The fourth-order valence-corrected chi connectivity index (χ4v) is 3.48. The fourth-order valence-electron chi connectivity index (χ4n) is 3.48. The number of methoxy groups -OCH3 is 1. The molecule has 3 rings (SSSR count). The van der Waals surface area contributed by atoms with Crippen LogP contribution >= 0.6 is 0 Å². The van der Waals surface area contributed by atoms with Crippen molar-refractivity contribution in [3.8, 4) is 5.75 Å². The molecule has 0 aliphatic carbocycles. The van der Waals surface area contributed by atoms with Crippen LogP contribution in [-0.2, 0) is 4.79 Å². The predicted molar refractivity (Wildman–Crippen MR) is 101 cm³/mol. The average molecular weight is 338 g/mol. The second-order valence-electron chi connectivity index (χ2n) is 6.70. The number of rotatable bonds is 5. The summed E-state index contributed by atoms with van der Waals surface area (Å²) in [4.78, 5) is 14.8. The molecule has 4 nitrogen and oxygen atoms in total. The number of carbonyl (C=O) groups excluding carboxylic acids is 1. The van der Waals surface area contributed by atoms with Crippen molar-refractivity contribution < 1.29 is 9.53 Å². The van der Waals surface area contributed by atoms with E-state index in [0.29, 0.717) is 12.6 Å². The van der Waals surface area contributed by atoms with Crippen molar-refractivity contribution >= 4 is 11.6 Å². The van der Waals surface area contributed by atoms with E-state index < -0.39 is 0 Å². The smallest absolute Gasteiger partial charge is 0.238 e. The summed E-state index contributed by atoms with van der Waals surface area (Å²) in [7, 11) is 1.68. The molecule has 25 heavy (non-hydrogen) atoms. The number of anilines is 1. The van der Waals surface area contributed by atoms with E-state index in [4.69, 9.17) is 4.74 Å². The van der Waals surface area contributed by atoms with Crippen molar-refractivity contribution in [1.82, 2.24) is 4.90 Å². The van der Waals surface area contributed by atoms with Gasteiger partial charge in [0.2, 0.25) is 5.91 Å². The molecule has 1 aliphatic heterocycles. The number of amides is 1. The summed E-state index contributed by atoms with van der Waals surface area (Å²) in [5.74, 6) is 0.912. The van der Waals surface area contributed by atoms with Gasteiger partial charge in [0.05, 0.1) is 13.7 Å². The minimum absolute atomic E-state index is 0.0501. The second kappa shape index (κ2) is 7.70. The van der Waals surface area contributed by atoms with Crippen LogP contribution in [0.1, 0.15) is 35.6 Å². The maximum atomic E-state index is 12.5. The van der Waals surface area contributed by atoms with E-state index in [-0.39, 0.29) is 5.91 Å². The lowest BCUT2D eigenvalue weighted by Crippen LogP contribution is -2.33. The molecule has 0 spiro atoms. The van der Waals surface area contributed by atoms with Crippen LogP contribution < -0.4 is 10.1 Å². The van der Waals surface area contributed by atoms with Crippen molar-refractivity contribution in [3.63, 3.8) is 0 Å². The predicted octanol–water partition coefficient (Wildman–Crippen LogP) is 4.09. The van der Waals surface area contributed by atoms with E-state index in [1.165, 1.54) is 11.1 Å². The normalized spacial score (nSPS) is 17.5. The number of likely N-dealkylation sites (tertiary alicyclic amines) is 1. The van der Waals surface area contributed by atoms with Gasteiger partial charge in [0.25, 0.3) is 0 Å². The van der Waals surface area contributed by atoms with Gasteiger partial charge in [-0.1, -0.05) is 24.3 Å². The van der Waals surface area contributed by atoms with Gasteiger partial charge in [0.1, 0.15) is 5.75 Å². The highest BCUT2D eigenvalue weighted by Gasteiger charge is 2.27. The molecule has 1 atom stereocenters. The molecule has 1 N–H and O–H groups in total. The van der Waals surface area contributed by atoms with Gasteiger partial charge in [0.15, 0.2) is 0 Å². The standard InChI is InChI=1S/C21H26N2O2/c1-15-6-4-7-19(16(15)2)22-21(24)14-23-13-5-8-20(23)17-9-11-18(25-3)12-10-17/h4,6-7,9-12,20H,5,8,13-14H2,1-3H3,(H,22,24). The number of benzene rings is 2. The molecular formula is C21H26N2O2. The Hall–Kier alpha value is -2.33. The Bertz CT molecular complexity index is 740. The monoisotopic (exact) mass is 338 g/mol. The number of hydrogen-bond donors (Lipinski definition) is 1. The molecule has 0 radical (unpaired) electrons. The molecule has 1 heterocycles. The van der Waals surface area contributed by atoms with Crippen LogP contribution in [-0.4, -0.2) is 31.0 Å². The average Bonchev–Trinajstić information content (AvgIpc) is 3.07. The van der Waals surface area contributed by atoms with Crippen LogP contribution in [0.5, 0.6) is 5.75 Å². The van der Waals surface area contributed by atoms with Gasteiger partial charge < -0.3 is 10.1 Å². The highest BCUT2D eigenvalue weighted by Crippen LogP contribution is 2.32. The fraction of sp³-hybridized carbons (Fsp3) is 0.381. The SMILES string of the molecule is COc1ccc(C2CCCN2CC(=O)Nc2cccc(C)c2C)cc1. The number of aryl methyl sites for hydroxylation is 1. The van der Waals surface area contributed by atoms with Crippen LogP contribution in [0.15, 0.2) is 42.5 Å². The van der Waals surface area contributed by atoms with Gasteiger partial charge in [-0.2, -0.15) is 0 Å². The minimum Gasteiger partial charge on any atom is -0.497 e. The number of ether oxygens (including phenoxy) is 1. The molecule has 1 fully saturated rings. The van der Waals surface area contributed by atoms with Crippen molar-refractivity contribution in [2.24, 2.45) is 0 Å². The Kier molecular flexibility index (Phi) is 5.39. The lowest BCUT2D eigenvalue weighted by atomic mass is 10.0. The van der Waals surface area contributed by atoms with Crippen molar-refractivity contribution in [1.29, 1.82) is 0 Å². The van der Waals surface area contributed by atoms with E-state index in [1.54, 1.807) is 7.11 Å². The second-order valence-corrected chi connectivity index (χ2v) is 6.70. The Morgan fingerprint density at radius 3 is 2.68 bits per heavy atom. The summed E-state index contributed by atoms with van der Waals surface area (Å²) < 4.78 is 5.23. The third-order valence-corrected chi connectivity index (χ3v) is 5.09.